The number of rotatable bonds is 7. The van der Waals surface area contributed by atoms with Crippen LogP contribution in [-0.4, -0.2) is 41.5 Å². The van der Waals surface area contributed by atoms with Crippen molar-refractivity contribution >= 4 is 23.3 Å². The van der Waals surface area contributed by atoms with Gasteiger partial charge in [-0.15, -0.1) is 0 Å². The minimum atomic E-state index is -0.499. The molecule has 1 N–H and O–H groups in total. The number of piperidine rings is 1. The van der Waals surface area contributed by atoms with Gasteiger partial charge in [-0.3, -0.25) is 4.90 Å². The van der Waals surface area contributed by atoms with Crippen LogP contribution in [0.3, 0.4) is 0 Å². The molecule has 2 aliphatic carbocycles. The Labute approximate surface area is 246 Å². The maximum Gasteiger partial charge on any atom is 0.322 e. The van der Waals surface area contributed by atoms with Gasteiger partial charge in [0, 0.05) is 24.8 Å². The molecule has 0 aromatic heterocycles. The molecule has 2 unspecified atom stereocenters. The number of fused-ring (bicyclic) bond motifs is 1. The maximum absolute atomic E-state index is 13.8. The van der Waals surface area contributed by atoms with Crippen LogP contribution in [0.2, 0.25) is 5.02 Å². The molecule has 1 aliphatic heterocycles. The van der Waals surface area contributed by atoms with E-state index in [0.29, 0.717) is 29.6 Å². The molecule has 212 valence electrons. The number of anilines is 1. The lowest BCUT2D eigenvalue weighted by molar-refractivity contribution is 0.115. The third-order valence-corrected chi connectivity index (χ3v) is 9.85. The van der Waals surface area contributed by atoms with Crippen molar-refractivity contribution in [2.45, 2.75) is 56.5 Å². The first-order valence-electron chi connectivity index (χ1n) is 14.7. The van der Waals surface area contributed by atoms with Gasteiger partial charge >= 0.3 is 6.03 Å². The largest absolute Gasteiger partial charge is 0.322 e. The van der Waals surface area contributed by atoms with E-state index in [9.17, 15) is 14.4 Å². The number of carbonyl (C=O) groups is 1. The Balaban J connectivity index is 1.14. The van der Waals surface area contributed by atoms with Crippen LogP contribution >= 0.6 is 11.6 Å². The van der Waals surface area contributed by atoms with Crippen LogP contribution in [0.15, 0.2) is 72.8 Å². The molecule has 2 amide bonds. The predicted molar refractivity (Wildman–Crippen MR) is 160 cm³/mol. The summed E-state index contributed by atoms with van der Waals surface area (Å²) in [6.45, 7) is 3.72. The van der Waals surface area contributed by atoms with Crippen molar-refractivity contribution < 1.29 is 9.18 Å². The van der Waals surface area contributed by atoms with Gasteiger partial charge in [0.25, 0.3) is 0 Å². The van der Waals surface area contributed by atoms with Crippen LogP contribution in [0.1, 0.15) is 55.2 Å². The summed E-state index contributed by atoms with van der Waals surface area (Å²) in [6.07, 6.45) is 6.12. The second kappa shape index (κ2) is 11.8. The first-order chi connectivity index (χ1) is 19.9. The van der Waals surface area contributed by atoms with Crippen molar-refractivity contribution in [3.8, 4) is 6.07 Å². The summed E-state index contributed by atoms with van der Waals surface area (Å²) in [4.78, 5) is 18.3. The zero-order valence-corrected chi connectivity index (χ0v) is 24.0. The molecule has 0 spiro atoms. The molecule has 1 heterocycles. The lowest BCUT2D eigenvalue weighted by Gasteiger charge is -2.40. The van der Waals surface area contributed by atoms with Crippen LogP contribution < -0.4 is 5.32 Å². The van der Waals surface area contributed by atoms with E-state index in [1.165, 1.54) is 23.3 Å². The standard InChI is InChI=1S/C34H36ClFN4O/c35-31-19-29(9-10-32(31)36)38-33(41)40(23-25-12-15-39(16-13-25)22-24-5-2-1-3-6-24)30-11-14-34(20-28(34)18-30)27-8-4-7-26(17-27)21-37/h1-10,17,19,25,28,30H,11-16,18,20,22-23H2,(H,38,41)/t28?,30?,34-/m1/s1. The van der Waals surface area contributed by atoms with Gasteiger partial charge in [-0.2, -0.15) is 5.26 Å². The molecule has 0 bridgehead atoms. The molecule has 3 aromatic rings. The fourth-order valence-corrected chi connectivity index (χ4v) is 7.34. The van der Waals surface area contributed by atoms with Gasteiger partial charge in [0.15, 0.2) is 0 Å². The van der Waals surface area contributed by atoms with E-state index in [-0.39, 0.29) is 22.5 Å². The number of nitrogens with zero attached hydrogens (tertiary/aromatic N) is 3. The SMILES string of the molecule is N#Cc1cccc([C@]23CCC(N(CC4CCN(Cc5ccccc5)CC4)C(=O)Nc4ccc(F)c(Cl)c4)CC2C3)c1. The number of hydrogen-bond donors (Lipinski definition) is 1. The molecule has 6 rings (SSSR count). The molecular weight excluding hydrogens is 535 g/mol. The van der Waals surface area contributed by atoms with E-state index < -0.39 is 5.82 Å². The first-order valence-corrected chi connectivity index (χ1v) is 15.1. The molecule has 0 radical (unpaired) electrons. The van der Waals surface area contributed by atoms with E-state index in [0.717, 1.165) is 58.2 Å². The number of halogens is 2. The molecular formula is C34H36ClFN4O. The average Bonchev–Trinajstić information content (AvgIpc) is 3.74. The Morgan fingerprint density at radius 3 is 2.61 bits per heavy atom. The summed E-state index contributed by atoms with van der Waals surface area (Å²) in [6, 6.07) is 25.3. The van der Waals surface area contributed by atoms with E-state index in [1.54, 1.807) is 6.07 Å². The highest BCUT2D eigenvalue weighted by Crippen LogP contribution is 2.63. The van der Waals surface area contributed by atoms with Gasteiger partial charge in [-0.05, 0) is 110 Å². The minimum Gasteiger partial charge on any atom is -0.321 e. The number of likely N-dealkylation sites (tertiary alicyclic amines) is 1. The van der Waals surface area contributed by atoms with Gasteiger partial charge in [0.2, 0.25) is 0 Å². The topological polar surface area (TPSA) is 59.4 Å². The Kier molecular flexibility index (Phi) is 8.01. The van der Waals surface area contributed by atoms with Crippen molar-refractivity contribution in [2.75, 3.05) is 25.0 Å². The zero-order chi connectivity index (χ0) is 28.4. The van der Waals surface area contributed by atoms with Gasteiger partial charge in [0.05, 0.1) is 16.7 Å². The monoisotopic (exact) mass is 570 g/mol. The normalized spacial score (nSPS) is 24.2. The number of nitrogens with one attached hydrogen (secondary N) is 1. The Bertz CT molecular complexity index is 1430. The molecule has 7 heteroatoms. The predicted octanol–water partition coefficient (Wildman–Crippen LogP) is 7.61. The van der Waals surface area contributed by atoms with E-state index >= 15 is 0 Å². The number of nitriles is 1. The van der Waals surface area contributed by atoms with Crippen molar-refractivity contribution in [3.63, 3.8) is 0 Å². The Hall–Kier alpha value is -3.40. The second-order valence-corrected chi connectivity index (χ2v) is 12.5. The van der Waals surface area contributed by atoms with Crippen molar-refractivity contribution in [1.82, 2.24) is 9.80 Å². The van der Waals surface area contributed by atoms with Gasteiger partial charge < -0.3 is 10.2 Å². The number of amides is 2. The highest BCUT2D eigenvalue weighted by Gasteiger charge is 2.58. The van der Waals surface area contributed by atoms with Crippen LogP contribution in [0.4, 0.5) is 14.9 Å². The maximum atomic E-state index is 13.8. The zero-order valence-electron chi connectivity index (χ0n) is 23.2. The fourth-order valence-electron chi connectivity index (χ4n) is 7.16. The van der Waals surface area contributed by atoms with Crippen LogP contribution in [-0.2, 0) is 12.0 Å². The average molecular weight is 571 g/mol. The van der Waals surface area contributed by atoms with E-state index in [4.69, 9.17) is 11.6 Å². The van der Waals surface area contributed by atoms with Crippen molar-refractivity contribution in [1.29, 1.82) is 5.26 Å². The molecule has 5 nitrogen and oxygen atoms in total. The smallest absolute Gasteiger partial charge is 0.321 e. The van der Waals surface area contributed by atoms with Gasteiger partial charge in [-0.25, -0.2) is 9.18 Å². The number of hydrogen-bond acceptors (Lipinski definition) is 3. The van der Waals surface area contributed by atoms with Gasteiger partial charge in [0.1, 0.15) is 5.82 Å². The summed E-state index contributed by atoms with van der Waals surface area (Å²) in [5.74, 6) is 0.447. The second-order valence-electron chi connectivity index (χ2n) is 12.1. The summed E-state index contributed by atoms with van der Waals surface area (Å²) >= 11 is 6.01. The summed E-state index contributed by atoms with van der Waals surface area (Å²) in [5.41, 5.74) is 3.96. The third kappa shape index (κ3) is 6.12. The van der Waals surface area contributed by atoms with Crippen LogP contribution in [0.25, 0.3) is 0 Å². The summed E-state index contributed by atoms with van der Waals surface area (Å²) < 4.78 is 13.8. The molecule has 3 fully saturated rings. The van der Waals surface area contributed by atoms with E-state index in [1.807, 2.05) is 18.2 Å². The molecule has 1 saturated heterocycles. The number of urea groups is 1. The number of carbonyl (C=O) groups excluding carboxylic acids is 1. The van der Waals surface area contributed by atoms with E-state index in [2.05, 4.69) is 57.6 Å². The Morgan fingerprint density at radius 1 is 1.07 bits per heavy atom. The molecule has 3 atom stereocenters. The minimum absolute atomic E-state index is 0.000155. The van der Waals surface area contributed by atoms with Crippen LogP contribution in [0, 0.1) is 29.0 Å². The van der Waals surface area contributed by atoms with Crippen molar-refractivity contribution in [2.24, 2.45) is 11.8 Å². The van der Waals surface area contributed by atoms with Crippen molar-refractivity contribution in [3.05, 3.63) is 100 Å². The summed E-state index contributed by atoms with van der Waals surface area (Å²) in [7, 11) is 0. The lowest BCUT2D eigenvalue weighted by atomic mass is 9.79. The highest BCUT2D eigenvalue weighted by atomic mass is 35.5. The fraction of sp³-hybridized carbons (Fsp3) is 0.412. The van der Waals surface area contributed by atoms with Crippen LogP contribution in [0.5, 0.6) is 0 Å². The Morgan fingerprint density at radius 2 is 1.88 bits per heavy atom. The molecule has 3 aliphatic rings. The quantitative estimate of drug-likeness (QED) is 0.318. The summed E-state index contributed by atoms with van der Waals surface area (Å²) in [5, 5.41) is 12.4. The lowest BCUT2D eigenvalue weighted by Crippen LogP contribution is -2.49. The third-order valence-electron chi connectivity index (χ3n) is 9.56. The first kappa shape index (κ1) is 27.8. The van der Waals surface area contributed by atoms with Gasteiger partial charge in [-0.1, -0.05) is 54.1 Å². The molecule has 2 saturated carbocycles. The molecule has 41 heavy (non-hydrogen) atoms. The molecule has 3 aromatic carbocycles. The number of benzene rings is 3. The highest BCUT2D eigenvalue weighted by molar-refractivity contribution is 6.31.